The largest absolute Gasteiger partial charge is 0.315 e. The maximum absolute atomic E-state index is 3.78. The number of hydrogen-bond acceptors (Lipinski definition) is 2. The van der Waals surface area contributed by atoms with Gasteiger partial charge in [0, 0.05) is 25.7 Å². The Balaban J connectivity index is 4.08. The first-order valence-electron chi connectivity index (χ1n) is 5.46. The fourth-order valence-electron chi connectivity index (χ4n) is 1.55. The molecule has 0 rings (SSSR count). The van der Waals surface area contributed by atoms with Crippen LogP contribution in [-0.4, -0.2) is 37.1 Å². The number of likely N-dealkylation sites (N-methyl/N-ethyl adjacent to an activating group) is 1. The molecule has 0 aliphatic carbocycles. The van der Waals surface area contributed by atoms with Gasteiger partial charge < -0.3 is 5.32 Å². The lowest BCUT2D eigenvalue weighted by Crippen LogP contribution is -2.42. The standard InChI is InChI=1S/C12H24N2/c1-5-9-14(10-6-2)12(7-3)11-13-8-4/h5-6,12-13H,1-2,7-11H2,3-4H3. The van der Waals surface area contributed by atoms with E-state index in [4.69, 9.17) is 0 Å². The van der Waals surface area contributed by atoms with Gasteiger partial charge in [-0.2, -0.15) is 0 Å². The maximum Gasteiger partial charge on any atom is 0.0224 e. The molecule has 2 heteroatoms. The van der Waals surface area contributed by atoms with Crippen molar-refractivity contribution in [2.24, 2.45) is 0 Å². The summed E-state index contributed by atoms with van der Waals surface area (Å²) < 4.78 is 0. The summed E-state index contributed by atoms with van der Waals surface area (Å²) in [5.41, 5.74) is 0. The molecule has 0 spiro atoms. The molecule has 1 atom stereocenters. The molecule has 0 aliphatic heterocycles. The zero-order valence-corrected chi connectivity index (χ0v) is 9.63. The van der Waals surface area contributed by atoms with Gasteiger partial charge in [-0.25, -0.2) is 0 Å². The summed E-state index contributed by atoms with van der Waals surface area (Å²) in [6, 6.07) is 0.589. The zero-order valence-electron chi connectivity index (χ0n) is 9.63. The highest BCUT2D eigenvalue weighted by atomic mass is 15.2. The van der Waals surface area contributed by atoms with E-state index in [0.29, 0.717) is 6.04 Å². The van der Waals surface area contributed by atoms with Gasteiger partial charge in [0.15, 0.2) is 0 Å². The molecule has 2 nitrogen and oxygen atoms in total. The van der Waals surface area contributed by atoms with E-state index >= 15 is 0 Å². The van der Waals surface area contributed by atoms with E-state index in [9.17, 15) is 0 Å². The molecule has 0 fully saturated rings. The average Bonchev–Trinajstić information content (AvgIpc) is 2.19. The van der Waals surface area contributed by atoms with Crippen LogP contribution in [0.25, 0.3) is 0 Å². The summed E-state index contributed by atoms with van der Waals surface area (Å²) in [7, 11) is 0. The molecule has 0 saturated heterocycles. The minimum Gasteiger partial charge on any atom is -0.315 e. The maximum atomic E-state index is 3.78. The molecule has 0 aromatic heterocycles. The fraction of sp³-hybridized carbons (Fsp3) is 0.667. The summed E-state index contributed by atoms with van der Waals surface area (Å²) in [6.07, 6.45) is 5.07. The molecule has 0 aliphatic rings. The monoisotopic (exact) mass is 196 g/mol. The van der Waals surface area contributed by atoms with Gasteiger partial charge in [-0.3, -0.25) is 4.90 Å². The van der Waals surface area contributed by atoms with Crippen LogP contribution in [-0.2, 0) is 0 Å². The van der Waals surface area contributed by atoms with E-state index in [1.54, 1.807) is 0 Å². The highest BCUT2D eigenvalue weighted by Crippen LogP contribution is 2.03. The predicted molar refractivity (Wildman–Crippen MR) is 64.6 cm³/mol. The van der Waals surface area contributed by atoms with Crippen molar-refractivity contribution < 1.29 is 0 Å². The Labute approximate surface area is 88.7 Å². The lowest BCUT2D eigenvalue weighted by Gasteiger charge is -2.29. The minimum atomic E-state index is 0.589. The highest BCUT2D eigenvalue weighted by molar-refractivity contribution is 4.84. The topological polar surface area (TPSA) is 15.3 Å². The molecule has 0 heterocycles. The Bertz CT molecular complexity index is 144. The molecule has 0 bridgehead atoms. The zero-order chi connectivity index (χ0) is 10.8. The molecular formula is C12H24N2. The predicted octanol–water partition coefficient (Wildman–Crippen LogP) is 2.05. The van der Waals surface area contributed by atoms with Crippen molar-refractivity contribution in [2.75, 3.05) is 26.2 Å². The first kappa shape index (κ1) is 13.4. The molecule has 82 valence electrons. The van der Waals surface area contributed by atoms with Gasteiger partial charge in [-0.05, 0) is 13.0 Å². The molecule has 0 radical (unpaired) electrons. The third-order valence-corrected chi connectivity index (χ3v) is 2.34. The SMILES string of the molecule is C=CCN(CC=C)C(CC)CNCC. The third-order valence-electron chi connectivity index (χ3n) is 2.34. The molecule has 0 amide bonds. The number of nitrogens with one attached hydrogen (secondary N) is 1. The van der Waals surface area contributed by atoms with E-state index in [-0.39, 0.29) is 0 Å². The van der Waals surface area contributed by atoms with E-state index < -0.39 is 0 Å². The van der Waals surface area contributed by atoms with Crippen molar-refractivity contribution >= 4 is 0 Å². The van der Waals surface area contributed by atoms with Gasteiger partial charge in [0.25, 0.3) is 0 Å². The van der Waals surface area contributed by atoms with Crippen LogP contribution in [0.15, 0.2) is 25.3 Å². The minimum absolute atomic E-state index is 0.589. The van der Waals surface area contributed by atoms with E-state index in [1.165, 1.54) is 0 Å². The van der Waals surface area contributed by atoms with Crippen LogP contribution in [0.5, 0.6) is 0 Å². The van der Waals surface area contributed by atoms with Crippen LogP contribution in [0.3, 0.4) is 0 Å². The molecule has 0 aromatic rings. The van der Waals surface area contributed by atoms with Crippen molar-refractivity contribution in [1.82, 2.24) is 10.2 Å². The second-order valence-electron chi connectivity index (χ2n) is 3.40. The normalized spacial score (nSPS) is 12.8. The Kier molecular flexibility index (Phi) is 8.59. The smallest absolute Gasteiger partial charge is 0.0224 e. The van der Waals surface area contributed by atoms with Gasteiger partial charge >= 0.3 is 0 Å². The third kappa shape index (κ3) is 5.20. The number of rotatable bonds is 9. The summed E-state index contributed by atoms with van der Waals surface area (Å²) in [4.78, 5) is 2.39. The summed E-state index contributed by atoms with van der Waals surface area (Å²) in [5.74, 6) is 0. The fourth-order valence-corrected chi connectivity index (χ4v) is 1.55. The quantitative estimate of drug-likeness (QED) is 0.568. The Hall–Kier alpha value is -0.600. The van der Waals surface area contributed by atoms with Crippen LogP contribution in [0.1, 0.15) is 20.3 Å². The van der Waals surface area contributed by atoms with Crippen LogP contribution in [0, 0.1) is 0 Å². The van der Waals surface area contributed by atoms with Gasteiger partial charge in [0.2, 0.25) is 0 Å². The second-order valence-corrected chi connectivity index (χ2v) is 3.40. The summed E-state index contributed by atoms with van der Waals surface area (Å²) in [5, 5.41) is 3.39. The summed E-state index contributed by atoms with van der Waals surface area (Å²) >= 11 is 0. The Morgan fingerprint density at radius 2 is 1.79 bits per heavy atom. The Morgan fingerprint density at radius 3 is 2.14 bits per heavy atom. The Morgan fingerprint density at radius 1 is 1.21 bits per heavy atom. The van der Waals surface area contributed by atoms with Crippen molar-refractivity contribution in [3.8, 4) is 0 Å². The first-order valence-corrected chi connectivity index (χ1v) is 5.46. The van der Waals surface area contributed by atoms with Crippen molar-refractivity contribution in [3.05, 3.63) is 25.3 Å². The van der Waals surface area contributed by atoms with Crippen LogP contribution < -0.4 is 5.32 Å². The second kappa shape index (κ2) is 8.97. The first-order chi connectivity index (χ1) is 6.79. The van der Waals surface area contributed by atoms with Crippen LogP contribution >= 0.6 is 0 Å². The van der Waals surface area contributed by atoms with Crippen molar-refractivity contribution in [3.63, 3.8) is 0 Å². The van der Waals surface area contributed by atoms with Gasteiger partial charge in [-0.15, -0.1) is 13.2 Å². The van der Waals surface area contributed by atoms with Gasteiger partial charge in [0.05, 0.1) is 0 Å². The van der Waals surface area contributed by atoms with E-state index in [1.807, 2.05) is 12.2 Å². The average molecular weight is 196 g/mol. The van der Waals surface area contributed by atoms with Crippen LogP contribution in [0.2, 0.25) is 0 Å². The molecule has 1 N–H and O–H groups in total. The van der Waals surface area contributed by atoms with Gasteiger partial charge in [-0.1, -0.05) is 26.0 Å². The molecule has 14 heavy (non-hydrogen) atoms. The summed E-state index contributed by atoms with van der Waals surface area (Å²) in [6.45, 7) is 15.9. The molecular weight excluding hydrogens is 172 g/mol. The van der Waals surface area contributed by atoms with E-state index in [0.717, 1.165) is 32.6 Å². The van der Waals surface area contributed by atoms with Crippen LogP contribution in [0.4, 0.5) is 0 Å². The van der Waals surface area contributed by atoms with E-state index in [2.05, 4.69) is 37.2 Å². The lowest BCUT2D eigenvalue weighted by atomic mass is 10.2. The molecule has 0 aromatic carbocycles. The molecule has 0 saturated carbocycles. The number of hydrogen-bond donors (Lipinski definition) is 1. The number of nitrogens with zero attached hydrogens (tertiary/aromatic N) is 1. The van der Waals surface area contributed by atoms with Crippen molar-refractivity contribution in [2.45, 2.75) is 26.3 Å². The van der Waals surface area contributed by atoms with Gasteiger partial charge in [0.1, 0.15) is 0 Å². The van der Waals surface area contributed by atoms with Crippen molar-refractivity contribution in [1.29, 1.82) is 0 Å². The molecule has 1 unspecified atom stereocenters. The highest BCUT2D eigenvalue weighted by Gasteiger charge is 2.12. The lowest BCUT2D eigenvalue weighted by molar-refractivity contribution is 0.228.